The summed E-state index contributed by atoms with van der Waals surface area (Å²) in [5, 5.41) is 6.17. The van der Waals surface area contributed by atoms with Gasteiger partial charge < -0.3 is 19.3 Å². The average molecular weight is 397 g/mol. The molecule has 0 saturated heterocycles. The van der Waals surface area contributed by atoms with E-state index in [2.05, 4.69) is 15.2 Å². The molecule has 0 atom stereocenters. The van der Waals surface area contributed by atoms with Gasteiger partial charge in [-0.3, -0.25) is 4.79 Å². The molecular formula is C17H23N3O6S. The first-order valence-electron chi connectivity index (χ1n) is 8.38. The first-order valence-corrected chi connectivity index (χ1v) is 9.86. The molecule has 0 aliphatic carbocycles. The number of hydrogen-bond donors (Lipinski definition) is 2. The van der Waals surface area contributed by atoms with E-state index in [-0.39, 0.29) is 29.5 Å². The van der Waals surface area contributed by atoms with Crippen LogP contribution in [0.5, 0.6) is 11.5 Å². The molecule has 0 radical (unpaired) electrons. The summed E-state index contributed by atoms with van der Waals surface area (Å²) in [4.78, 5) is 11.8. The Morgan fingerprint density at radius 3 is 2.33 bits per heavy atom. The highest BCUT2D eigenvalue weighted by atomic mass is 32.2. The quantitative estimate of drug-likeness (QED) is 0.577. The lowest BCUT2D eigenvalue weighted by Gasteiger charge is -2.09. The largest absolute Gasteiger partial charge is 0.494 e. The molecule has 0 bridgehead atoms. The van der Waals surface area contributed by atoms with Crippen LogP contribution in [0.4, 0.5) is 0 Å². The summed E-state index contributed by atoms with van der Waals surface area (Å²) in [6.07, 6.45) is 0. The maximum absolute atomic E-state index is 12.2. The number of nitrogens with zero attached hydrogens (tertiary/aromatic N) is 1. The van der Waals surface area contributed by atoms with Crippen LogP contribution in [0.3, 0.4) is 0 Å². The van der Waals surface area contributed by atoms with Gasteiger partial charge in [0.15, 0.2) is 5.76 Å². The lowest BCUT2D eigenvalue weighted by atomic mass is 10.3. The van der Waals surface area contributed by atoms with Gasteiger partial charge in [0.25, 0.3) is 0 Å². The Morgan fingerprint density at radius 1 is 1.15 bits per heavy atom. The number of nitrogens with one attached hydrogen (secondary N) is 2. The van der Waals surface area contributed by atoms with Gasteiger partial charge >= 0.3 is 0 Å². The summed E-state index contributed by atoms with van der Waals surface area (Å²) >= 11 is 0. The Hall–Kier alpha value is -2.59. The smallest absolute Gasteiger partial charge is 0.246 e. The Balaban J connectivity index is 1.72. The van der Waals surface area contributed by atoms with Crippen molar-refractivity contribution in [2.24, 2.45) is 0 Å². The molecular weight excluding hydrogens is 374 g/mol. The third-order valence-electron chi connectivity index (χ3n) is 3.49. The van der Waals surface area contributed by atoms with E-state index in [0.717, 1.165) is 5.75 Å². The number of aromatic nitrogens is 1. The molecule has 2 N–H and O–H groups in total. The maximum Gasteiger partial charge on any atom is 0.246 e. The zero-order valence-corrected chi connectivity index (χ0v) is 16.3. The minimum absolute atomic E-state index is 0.0471. The monoisotopic (exact) mass is 397 g/mol. The molecule has 148 valence electrons. The second kappa shape index (κ2) is 9.38. The van der Waals surface area contributed by atoms with Gasteiger partial charge in [0.05, 0.1) is 19.7 Å². The lowest BCUT2D eigenvalue weighted by Crippen LogP contribution is -2.38. The summed E-state index contributed by atoms with van der Waals surface area (Å²) in [6, 6.07) is 7.12. The zero-order valence-electron chi connectivity index (χ0n) is 15.4. The fraction of sp³-hybridized carbons (Fsp3) is 0.412. The normalized spacial score (nSPS) is 11.2. The molecule has 2 rings (SSSR count). The van der Waals surface area contributed by atoms with Crippen molar-refractivity contribution in [2.75, 3.05) is 26.3 Å². The number of hydrogen-bond acceptors (Lipinski definition) is 7. The SMILES string of the molecule is CCOc1ccc(OCCNC(=O)CNS(=O)(=O)c2c(C)noc2C)cc1. The van der Waals surface area contributed by atoms with E-state index in [9.17, 15) is 13.2 Å². The van der Waals surface area contributed by atoms with Gasteiger partial charge in [0.2, 0.25) is 15.9 Å². The third-order valence-corrected chi connectivity index (χ3v) is 5.13. The fourth-order valence-corrected chi connectivity index (χ4v) is 3.62. The number of carbonyl (C=O) groups excluding carboxylic acids is 1. The minimum atomic E-state index is -3.87. The van der Waals surface area contributed by atoms with Crippen molar-refractivity contribution >= 4 is 15.9 Å². The van der Waals surface area contributed by atoms with Crippen LogP contribution in [-0.2, 0) is 14.8 Å². The Morgan fingerprint density at radius 2 is 1.78 bits per heavy atom. The number of benzene rings is 1. The van der Waals surface area contributed by atoms with E-state index in [1.165, 1.54) is 13.8 Å². The van der Waals surface area contributed by atoms with E-state index < -0.39 is 22.5 Å². The second-order valence-electron chi connectivity index (χ2n) is 5.58. The van der Waals surface area contributed by atoms with Gasteiger partial charge in [-0.25, -0.2) is 13.1 Å². The van der Waals surface area contributed by atoms with Gasteiger partial charge in [-0.1, -0.05) is 5.16 Å². The highest BCUT2D eigenvalue weighted by Crippen LogP contribution is 2.18. The molecule has 0 fully saturated rings. The van der Waals surface area contributed by atoms with Gasteiger partial charge in [0.1, 0.15) is 28.7 Å². The van der Waals surface area contributed by atoms with Gasteiger partial charge in [-0.15, -0.1) is 0 Å². The summed E-state index contributed by atoms with van der Waals surface area (Å²) in [5.41, 5.74) is 0.240. The topological polar surface area (TPSA) is 120 Å². The van der Waals surface area contributed by atoms with Crippen LogP contribution >= 0.6 is 0 Å². The molecule has 10 heteroatoms. The van der Waals surface area contributed by atoms with Gasteiger partial charge in [0, 0.05) is 0 Å². The zero-order chi connectivity index (χ0) is 19.9. The lowest BCUT2D eigenvalue weighted by molar-refractivity contribution is -0.120. The van der Waals surface area contributed by atoms with Crippen molar-refractivity contribution in [3.63, 3.8) is 0 Å². The first kappa shape index (κ1) is 20.7. The van der Waals surface area contributed by atoms with Crippen LogP contribution in [0.15, 0.2) is 33.7 Å². The van der Waals surface area contributed by atoms with Crippen LogP contribution in [0.2, 0.25) is 0 Å². The molecule has 27 heavy (non-hydrogen) atoms. The van der Waals surface area contributed by atoms with Crippen LogP contribution in [0.25, 0.3) is 0 Å². The summed E-state index contributed by atoms with van der Waals surface area (Å²) in [5.74, 6) is 1.10. The van der Waals surface area contributed by atoms with Gasteiger partial charge in [-0.2, -0.15) is 0 Å². The molecule has 0 spiro atoms. The van der Waals surface area contributed by atoms with Crippen LogP contribution in [-0.4, -0.2) is 45.8 Å². The van der Waals surface area contributed by atoms with E-state index in [4.69, 9.17) is 14.0 Å². The molecule has 0 aliphatic heterocycles. The van der Waals surface area contributed by atoms with Crippen molar-refractivity contribution in [3.8, 4) is 11.5 Å². The predicted molar refractivity (Wildman–Crippen MR) is 97.3 cm³/mol. The highest BCUT2D eigenvalue weighted by Gasteiger charge is 2.24. The molecule has 1 heterocycles. The fourth-order valence-electron chi connectivity index (χ4n) is 2.31. The van der Waals surface area contributed by atoms with E-state index >= 15 is 0 Å². The molecule has 0 unspecified atom stereocenters. The van der Waals surface area contributed by atoms with Crippen molar-refractivity contribution in [3.05, 3.63) is 35.7 Å². The Kier molecular flexibility index (Phi) is 7.19. The molecule has 2 aromatic rings. The summed E-state index contributed by atoms with van der Waals surface area (Å²) < 4.78 is 42.3. The first-order chi connectivity index (χ1) is 12.8. The number of sulfonamides is 1. The van der Waals surface area contributed by atoms with Crippen molar-refractivity contribution < 1.29 is 27.2 Å². The Labute approximate surface area is 158 Å². The summed E-state index contributed by atoms with van der Waals surface area (Å²) in [7, 11) is -3.87. The van der Waals surface area contributed by atoms with E-state index in [0.29, 0.717) is 12.4 Å². The molecule has 1 aromatic heterocycles. The van der Waals surface area contributed by atoms with Crippen LogP contribution in [0, 0.1) is 13.8 Å². The standard InChI is InChI=1S/C17H23N3O6S/c1-4-24-14-5-7-15(8-6-14)25-10-9-18-16(21)11-19-27(22,23)17-12(2)20-26-13(17)3/h5-8,19H,4,9-11H2,1-3H3,(H,18,21). The number of aryl methyl sites for hydroxylation is 2. The number of rotatable bonds is 10. The van der Waals surface area contributed by atoms with Crippen molar-refractivity contribution in [2.45, 2.75) is 25.7 Å². The van der Waals surface area contributed by atoms with Crippen molar-refractivity contribution in [1.29, 1.82) is 0 Å². The highest BCUT2D eigenvalue weighted by molar-refractivity contribution is 7.89. The minimum Gasteiger partial charge on any atom is -0.494 e. The number of ether oxygens (including phenoxy) is 2. The second-order valence-corrected chi connectivity index (χ2v) is 7.28. The van der Waals surface area contributed by atoms with Crippen LogP contribution in [0.1, 0.15) is 18.4 Å². The summed E-state index contributed by atoms with van der Waals surface area (Å²) in [6.45, 7) is 5.59. The van der Waals surface area contributed by atoms with Crippen molar-refractivity contribution in [1.82, 2.24) is 15.2 Å². The molecule has 1 amide bonds. The average Bonchev–Trinajstić information content (AvgIpc) is 2.98. The van der Waals surface area contributed by atoms with E-state index in [1.807, 2.05) is 6.92 Å². The molecule has 0 aliphatic rings. The van der Waals surface area contributed by atoms with Gasteiger partial charge in [-0.05, 0) is 45.0 Å². The van der Waals surface area contributed by atoms with Crippen LogP contribution < -0.4 is 19.5 Å². The maximum atomic E-state index is 12.2. The third kappa shape index (κ3) is 5.97. The molecule has 9 nitrogen and oxygen atoms in total. The molecule has 0 saturated carbocycles. The molecule has 1 aromatic carbocycles. The van der Waals surface area contributed by atoms with E-state index in [1.54, 1.807) is 24.3 Å². The number of carbonyl (C=O) groups is 1. The Bertz CT molecular complexity index is 842. The number of amides is 1. The predicted octanol–water partition coefficient (Wildman–Crippen LogP) is 1.16.